The molecule has 0 aromatic carbocycles. The van der Waals surface area contributed by atoms with E-state index in [1.807, 2.05) is 0 Å². The van der Waals surface area contributed by atoms with Crippen LogP contribution in [0.25, 0.3) is 5.82 Å². The van der Waals surface area contributed by atoms with Crippen LogP contribution in [0.3, 0.4) is 0 Å². The van der Waals surface area contributed by atoms with Gasteiger partial charge >= 0.3 is 0 Å². The summed E-state index contributed by atoms with van der Waals surface area (Å²) < 4.78 is 1.48. The number of hydrogen-bond donors (Lipinski definition) is 1. The van der Waals surface area contributed by atoms with Gasteiger partial charge in [-0.1, -0.05) is 0 Å². The average molecular weight is 269 g/mol. The van der Waals surface area contributed by atoms with Crippen LogP contribution in [0, 0.1) is 11.3 Å². The van der Waals surface area contributed by atoms with Crippen molar-refractivity contribution >= 4 is 11.6 Å². The first-order valence-corrected chi connectivity index (χ1v) is 6.63. The zero-order valence-electron chi connectivity index (χ0n) is 11.0. The van der Waals surface area contributed by atoms with Crippen LogP contribution in [0.1, 0.15) is 24.8 Å². The van der Waals surface area contributed by atoms with E-state index in [2.05, 4.69) is 26.3 Å². The van der Waals surface area contributed by atoms with E-state index < -0.39 is 0 Å². The summed E-state index contributed by atoms with van der Waals surface area (Å²) in [7, 11) is 0. The first kappa shape index (κ1) is 12.4. The summed E-state index contributed by atoms with van der Waals surface area (Å²) in [5, 5.41) is 21.6. The SMILES string of the molecule is N#Cc1c(N2CCCCC2)nn(-c2cccnn2)c1N. The standard InChI is InChI=1S/C13H15N7/c14-9-10-12(15)20(11-5-4-6-16-17-11)18-13(10)19-7-2-1-3-8-19/h4-6H,1-3,7-8,15H2. The molecule has 1 saturated heterocycles. The third kappa shape index (κ3) is 2.05. The van der Waals surface area contributed by atoms with E-state index in [0.717, 1.165) is 25.9 Å². The Balaban J connectivity index is 2.05. The number of nitriles is 1. The quantitative estimate of drug-likeness (QED) is 0.877. The molecule has 3 rings (SSSR count). The van der Waals surface area contributed by atoms with E-state index in [0.29, 0.717) is 23.0 Å². The van der Waals surface area contributed by atoms with Gasteiger partial charge in [0.2, 0.25) is 0 Å². The van der Waals surface area contributed by atoms with Crippen LogP contribution in [0.5, 0.6) is 0 Å². The van der Waals surface area contributed by atoms with E-state index in [9.17, 15) is 5.26 Å². The Morgan fingerprint density at radius 3 is 2.70 bits per heavy atom. The number of nitrogens with two attached hydrogens (primary N) is 1. The maximum Gasteiger partial charge on any atom is 0.178 e. The summed E-state index contributed by atoms with van der Waals surface area (Å²) in [6.45, 7) is 1.82. The predicted molar refractivity (Wildman–Crippen MR) is 74.3 cm³/mol. The minimum absolute atomic E-state index is 0.313. The molecule has 1 aliphatic heterocycles. The maximum atomic E-state index is 9.34. The predicted octanol–water partition coefficient (Wildman–Crippen LogP) is 1.11. The van der Waals surface area contributed by atoms with Crippen molar-refractivity contribution in [2.24, 2.45) is 0 Å². The van der Waals surface area contributed by atoms with Gasteiger partial charge in [0.25, 0.3) is 0 Å². The van der Waals surface area contributed by atoms with Crippen LogP contribution in [0.4, 0.5) is 11.6 Å². The summed E-state index contributed by atoms with van der Waals surface area (Å²) in [5.74, 6) is 1.48. The fourth-order valence-corrected chi connectivity index (χ4v) is 2.43. The van der Waals surface area contributed by atoms with Crippen LogP contribution in [0.15, 0.2) is 18.3 Å². The van der Waals surface area contributed by atoms with Crippen LogP contribution < -0.4 is 10.6 Å². The largest absolute Gasteiger partial charge is 0.382 e. The van der Waals surface area contributed by atoms with Crippen molar-refractivity contribution in [3.8, 4) is 11.9 Å². The van der Waals surface area contributed by atoms with E-state index in [4.69, 9.17) is 5.73 Å². The minimum atomic E-state index is 0.313. The molecule has 0 radical (unpaired) electrons. The van der Waals surface area contributed by atoms with Gasteiger partial charge < -0.3 is 10.6 Å². The summed E-state index contributed by atoms with van der Waals surface area (Å²) >= 11 is 0. The normalized spacial score (nSPS) is 15.1. The molecule has 0 atom stereocenters. The van der Waals surface area contributed by atoms with Gasteiger partial charge in [-0.15, -0.1) is 10.2 Å². The molecule has 7 heteroatoms. The highest BCUT2D eigenvalue weighted by Crippen LogP contribution is 2.28. The van der Waals surface area contributed by atoms with Gasteiger partial charge in [0.15, 0.2) is 11.6 Å². The summed E-state index contributed by atoms with van der Waals surface area (Å²) in [6, 6.07) is 5.67. The van der Waals surface area contributed by atoms with Gasteiger partial charge in [-0.3, -0.25) is 0 Å². The lowest BCUT2D eigenvalue weighted by molar-refractivity contribution is 0.571. The molecule has 20 heavy (non-hydrogen) atoms. The molecule has 2 N–H and O–H groups in total. The van der Waals surface area contributed by atoms with Crippen molar-refractivity contribution in [2.75, 3.05) is 23.7 Å². The molecule has 1 fully saturated rings. The molecule has 2 aromatic rings. The third-order valence-corrected chi connectivity index (χ3v) is 3.45. The Morgan fingerprint density at radius 2 is 2.05 bits per heavy atom. The Bertz CT molecular complexity index is 635. The lowest BCUT2D eigenvalue weighted by Gasteiger charge is -2.26. The Labute approximate surface area is 116 Å². The molecule has 0 unspecified atom stereocenters. The zero-order valence-corrected chi connectivity index (χ0v) is 11.0. The first-order valence-electron chi connectivity index (χ1n) is 6.63. The highest BCUT2D eigenvalue weighted by Gasteiger charge is 2.23. The maximum absolute atomic E-state index is 9.34. The highest BCUT2D eigenvalue weighted by atomic mass is 15.4. The van der Waals surface area contributed by atoms with E-state index in [1.54, 1.807) is 18.3 Å². The molecule has 0 amide bonds. The number of aromatic nitrogens is 4. The van der Waals surface area contributed by atoms with Crippen molar-refractivity contribution in [3.63, 3.8) is 0 Å². The summed E-state index contributed by atoms with van der Waals surface area (Å²) in [4.78, 5) is 2.12. The van der Waals surface area contributed by atoms with Crippen LogP contribution in [-0.2, 0) is 0 Å². The number of nitrogen functional groups attached to an aromatic ring is 1. The Morgan fingerprint density at radius 1 is 1.25 bits per heavy atom. The second kappa shape index (κ2) is 5.17. The molecular formula is C13H15N7. The van der Waals surface area contributed by atoms with E-state index in [-0.39, 0.29) is 0 Å². The van der Waals surface area contributed by atoms with Gasteiger partial charge in [0.05, 0.1) is 0 Å². The molecular weight excluding hydrogens is 254 g/mol. The van der Waals surface area contributed by atoms with E-state index in [1.165, 1.54) is 11.1 Å². The lowest BCUT2D eigenvalue weighted by Crippen LogP contribution is -2.30. The Hall–Kier alpha value is -2.62. The van der Waals surface area contributed by atoms with Crippen molar-refractivity contribution < 1.29 is 0 Å². The molecule has 102 valence electrons. The van der Waals surface area contributed by atoms with Crippen molar-refractivity contribution in [3.05, 3.63) is 23.9 Å². The molecule has 1 aliphatic rings. The highest BCUT2D eigenvalue weighted by molar-refractivity contribution is 5.66. The van der Waals surface area contributed by atoms with Gasteiger partial charge in [0.1, 0.15) is 17.5 Å². The van der Waals surface area contributed by atoms with Crippen molar-refractivity contribution in [2.45, 2.75) is 19.3 Å². The second-order valence-corrected chi connectivity index (χ2v) is 4.74. The molecule has 0 saturated carbocycles. The van der Waals surface area contributed by atoms with Crippen molar-refractivity contribution in [1.82, 2.24) is 20.0 Å². The second-order valence-electron chi connectivity index (χ2n) is 4.74. The minimum Gasteiger partial charge on any atom is -0.382 e. The molecule has 3 heterocycles. The fourth-order valence-electron chi connectivity index (χ4n) is 2.43. The average Bonchev–Trinajstić information content (AvgIpc) is 2.86. The number of anilines is 2. The first-order chi connectivity index (χ1) is 9.81. The van der Waals surface area contributed by atoms with Gasteiger partial charge in [-0.25, -0.2) is 0 Å². The summed E-state index contributed by atoms with van der Waals surface area (Å²) in [5.41, 5.74) is 6.45. The van der Waals surface area contributed by atoms with Gasteiger partial charge in [-0.05, 0) is 31.4 Å². The van der Waals surface area contributed by atoms with Crippen molar-refractivity contribution in [1.29, 1.82) is 5.26 Å². The molecule has 0 aliphatic carbocycles. The number of hydrogen-bond acceptors (Lipinski definition) is 6. The third-order valence-electron chi connectivity index (χ3n) is 3.45. The number of piperidine rings is 1. The van der Waals surface area contributed by atoms with Crippen LogP contribution >= 0.6 is 0 Å². The number of rotatable bonds is 2. The van der Waals surface area contributed by atoms with Gasteiger partial charge in [-0.2, -0.15) is 15.0 Å². The van der Waals surface area contributed by atoms with Gasteiger partial charge in [0, 0.05) is 19.3 Å². The topological polar surface area (TPSA) is 96.6 Å². The smallest absolute Gasteiger partial charge is 0.178 e. The molecule has 0 bridgehead atoms. The summed E-state index contributed by atoms with van der Waals surface area (Å²) in [6.07, 6.45) is 5.03. The zero-order chi connectivity index (χ0) is 13.9. The molecule has 0 spiro atoms. The molecule has 7 nitrogen and oxygen atoms in total. The van der Waals surface area contributed by atoms with E-state index >= 15 is 0 Å². The lowest BCUT2D eigenvalue weighted by atomic mass is 10.1. The monoisotopic (exact) mass is 269 g/mol. The Kier molecular flexibility index (Phi) is 3.21. The number of nitrogens with zero attached hydrogens (tertiary/aromatic N) is 6. The van der Waals surface area contributed by atoms with Crippen LogP contribution in [0.2, 0.25) is 0 Å². The van der Waals surface area contributed by atoms with Crippen LogP contribution in [-0.4, -0.2) is 33.1 Å². The molecule has 2 aromatic heterocycles. The fraction of sp³-hybridized carbons (Fsp3) is 0.385.